The highest BCUT2D eigenvalue weighted by Gasteiger charge is 2.27. The van der Waals surface area contributed by atoms with Crippen LogP contribution in [0.1, 0.15) is 27.8 Å². The molecule has 3 aromatic carbocycles. The lowest BCUT2D eigenvalue weighted by molar-refractivity contribution is -0.114. The van der Waals surface area contributed by atoms with E-state index in [1.807, 2.05) is 52.8 Å². The smallest absolute Gasteiger partial charge is 0.264 e. The Morgan fingerprint density at radius 1 is 0.806 bits per heavy atom. The second kappa shape index (κ2) is 8.94. The lowest BCUT2D eigenvalue weighted by Crippen LogP contribution is -2.38. The maximum absolute atomic E-state index is 13.4. The highest BCUT2D eigenvalue weighted by atomic mass is 32.2. The van der Waals surface area contributed by atoms with Gasteiger partial charge in [-0.25, -0.2) is 8.42 Å². The number of carbonyl (C=O) groups is 1. The van der Waals surface area contributed by atoms with Crippen molar-refractivity contribution < 1.29 is 13.2 Å². The standard InChI is InChI=1S/C25H28N2O3S/c1-17-13-20(4)25(21(5)14-17)26-24(28)16-27(22-12-11-18(2)19(3)15-22)31(29,30)23-9-7-6-8-10-23/h6-15H,16H2,1-5H3,(H,26,28). The summed E-state index contributed by atoms with van der Waals surface area (Å²) in [5, 5.41) is 2.91. The van der Waals surface area contributed by atoms with Crippen molar-refractivity contribution in [3.05, 3.63) is 88.5 Å². The Bertz CT molecular complexity index is 1200. The fourth-order valence-corrected chi connectivity index (χ4v) is 5.04. The van der Waals surface area contributed by atoms with Crippen molar-refractivity contribution in [2.75, 3.05) is 16.2 Å². The minimum absolute atomic E-state index is 0.142. The summed E-state index contributed by atoms with van der Waals surface area (Å²) >= 11 is 0. The molecular weight excluding hydrogens is 408 g/mol. The second-order valence-corrected chi connectivity index (χ2v) is 9.78. The van der Waals surface area contributed by atoms with Crippen LogP contribution in [-0.4, -0.2) is 20.9 Å². The van der Waals surface area contributed by atoms with Gasteiger partial charge in [-0.2, -0.15) is 0 Å². The van der Waals surface area contributed by atoms with Crippen LogP contribution in [0.3, 0.4) is 0 Å². The van der Waals surface area contributed by atoms with E-state index in [-0.39, 0.29) is 11.4 Å². The molecule has 3 rings (SSSR count). The summed E-state index contributed by atoms with van der Waals surface area (Å²) in [6, 6.07) is 17.6. The van der Waals surface area contributed by atoms with Crippen LogP contribution >= 0.6 is 0 Å². The van der Waals surface area contributed by atoms with E-state index in [4.69, 9.17) is 0 Å². The van der Waals surface area contributed by atoms with Crippen molar-refractivity contribution in [3.8, 4) is 0 Å². The molecule has 0 saturated carbocycles. The average molecular weight is 437 g/mol. The van der Waals surface area contributed by atoms with Crippen LogP contribution < -0.4 is 9.62 Å². The monoisotopic (exact) mass is 436 g/mol. The molecule has 0 aliphatic rings. The topological polar surface area (TPSA) is 66.5 Å². The molecule has 1 N–H and O–H groups in total. The van der Waals surface area contributed by atoms with Gasteiger partial charge < -0.3 is 5.32 Å². The fraction of sp³-hybridized carbons (Fsp3) is 0.240. The van der Waals surface area contributed by atoms with Gasteiger partial charge in [0.15, 0.2) is 0 Å². The maximum Gasteiger partial charge on any atom is 0.264 e. The first-order chi connectivity index (χ1) is 14.6. The zero-order valence-electron chi connectivity index (χ0n) is 18.6. The molecule has 0 heterocycles. The Kier molecular flexibility index (Phi) is 6.51. The SMILES string of the molecule is Cc1cc(C)c(NC(=O)CN(c2ccc(C)c(C)c2)S(=O)(=O)c2ccccc2)c(C)c1. The van der Waals surface area contributed by atoms with Gasteiger partial charge in [0.25, 0.3) is 10.0 Å². The number of anilines is 2. The molecule has 0 fully saturated rings. The zero-order chi connectivity index (χ0) is 22.8. The molecule has 0 aromatic heterocycles. The first-order valence-electron chi connectivity index (χ1n) is 10.1. The summed E-state index contributed by atoms with van der Waals surface area (Å²) in [7, 11) is -3.93. The molecular formula is C25H28N2O3S. The van der Waals surface area contributed by atoms with E-state index in [1.54, 1.807) is 30.3 Å². The van der Waals surface area contributed by atoms with Gasteiger partial charge in [-0.3, -0.25) is 9.10 Å². The molecule has 0 saturated heterocycles. The van der Waals surface area contributed by atoms with Gasteiger partial charge in [-0.05, 0) is 81.1 Å². The molecule has 5 nitrogen and oxygen atoms in total. The van der Waals surface area contributed by atoms with Crippen LogP contribution in [0.15, 0.2) is 65.6 Å². The number of carbonyl (C=O) groups excluding carboxylic acids is 1. The van der Waals surface area contributed by atoms with Gasteiger partial charge in [-0.15, -0.1) is 0 Å². The molecule has 0 aliphatic heterocycles. The van der Waals surface area contributed by atoms with Crippen molar-refractivity contribution >= 4 is 27.3 Å². The van der Waals surface area contributed by atoms with E-state index in [0.29, 0.717) is 11.4 Å². The number of amides is 1. The molecule has 162 valence electrons. The van der Waals surface area contributed by atoms with Gasteiger partial charge in [-0.1, -0.05) is 42.0 Å². The number of sulfonamides is 1. The number of nitrogens with one attached hydrogen (secondary N) is 1. The molecule has 1 amide bonds. The molecule has 0 spiro atoms. The summed E-state index contributed by atoms with van der Waals surface area (Å²) in [5.41, 5.74) is 6.17. The van der Waals surface area contributed by atoms with Gasteiger partial charge in [0.1, 0.15) is 6.54 Å². The van der Waals surface area contributed by atoms with Crippen LogP contribution in [0.5, 0.6) is 0 Å². The number of nitrogens with zero attached hydrogens (tertiary/aromatic N) is 1. The number of aryl methyl sites for hydroxylation is 5. The predicted octanol–water partition coefficient (Wildman–Crippen LogP) is 5.06. The molecule has 0 atom stereocenters. The quantitative estimate of drug-likeness (QED) is 0.587. The lowest BCUT2D eigenvalue weighted by Gasteiger charge is -2.25. The molecule has 6 heteroatoms. The van der Waals surface area contributed by atoms with E-state index < -0.39 is 15.9 Å². The summed E-state index contributed by atoms with van der Waals surface area (Å²) in [5.74, 6) is -0.396. The Morgan fingerprint density at radius 3 is 2.00 bits per heavy atom. The van der Waals surface area contributed by atoms with Crippen LogP contribution in [0.4, 0.5) is 11.4 Å². The highest BCUT2D eigenvalue weighted by Crippen LogP contribution is 2.27. The third kappa shape index (κ3) is 4.97. The molecule has 0 bridgehead atoms. The van der Waals surface area contributed by atoms with E-state index in [0.717, 1.165) is 27.8 Å². The van der Waals surface area contributed by atoms with Crippen molar-refractivity contribution in [1.29, 1.82) is 0 Å². The minimum Gasteiger partial charge on any atom is -0.324 e. The zero-order valence-corrected chi connectivity index (χ0v) is 19.4. The number of hydrogen-bond acceptors (Lipinski definition) is 3. The van der Waals surface area contributed by atoms with Crippen LogP contribution in [0.2, 0.25) is 0 Å². The molecule has 0 unspecified atom stereocenters. The Morgan fingerprint density at radius 2 is 1.42 bits per heavy atom. The maximum atomic E-state index is 13.4. The molecule has 3 aromatic rings. The second-order valence-electron chi connectivity index (χ2n) is 7.92. The number of hydrogen-bond donors (Lipinski definition) is 1. The molecule has 0 radical (unpaired) electrons. The summed E-state index contributed by atoms with van der Waals surface area (Å²) in [6.45, 7) is 9.41. The van der Waals surface area contributed by atoms with Crippen molar-refractivity contribution in [1.82, 2.24) is 0 Å². The molecule has 0 aliphatic carbocycles. The van der Waals surface area contributed by atoms with E-state index >= 15 is 0 Å². The Hall–Kier alpha value is -3.12. The normalized spacial score (nSPS) is 11.3. The fourth-order valence-electron chi connectivity index (χ4n) is 3.60. The average Bonchev–Trinajstić information content (AvgIpc) is 2.71. The van der Waals surface area contributed by atoms with Crippen LogP contribution in [0.25, 0.3) is 0 Å². The van der Waals surface area contributed by atoms with E-state index in [1.165, 1.54) is 16.4 Å². The minimum atomic E-state index is -3.93. The predicted molar refractivity (Wildman–Crippen MR) is 126 cm³/mol. The number of benzene rings is 3. The van der Waals surface area contributed by atoms with Crippen molar-refractivity contribution in [2.45, 2.75) is 39.5 Å². The summed E-state index contributed by atoms with van der Waals surface area (Å²) in [6.07, 6.45) is 0. The molecule has 31 heavy (non-hydrogen) atoms. The number of rotatable bonds is 6. The van der Waals surface area contributed by atoms with Gasteiger partial charge in [0.2, 0.25) is 5.91 Å². The third-order valence-corrected chi connectivity index (χ3v) is 7.13. The van der Waals surface area contributed by atoms with Crippen LogP contribution in [-0.2, 0) is 14.8 Å². The Labute approximate surface area is 184 Å². The van der Waals surface area contributed by atoms with Crippen LogP contribution in [0, 0.1) is 34.6 Å². The highest BCUT2D eigenvalue weighted by molar-refractivity contribution is 7.92. The summed E-state index contributed by atoms with van der Waals surface area (Å²) in [4.78, 5) is 13.1. The largest absolute Gasteiger partial charge is 0.324 e. The van der Waals surface area contributed by atoms with Crippen molar-refractivity contribution in [2.24, 2.45) is 0 Å². The first kappa shape index (κ1) is 22.6. The van der Waals surface area contributed by atoms with Gasteiger partial charge in [0, 0.05) is 5.69 Å². The van der Waals surface area contributed by atoms with Crippen molar-refractivity contribution in [3.63, 3.8) is 0 Å². The Balaban J connectivity index is 1.99. The summed E-state index contributed by atoms with van der Waals surface area (Å²) < 4.78 is 28.1. The lowest BCUT2D eigenvalue weighted by atomic mass is 10.1. The van der Waals surface area contributed by atoms with E-state index in [9.17, 15) is 13.2 Å². The van der Waals surface area contributed by atoms with Gasteiger partial charge in [0.05, 0.1) is 10.6 Å². The first-order valence-corrected chi connectivity index (χ1v) is 11.6. The van der Waals surface area contributed by atoms with E-state index in [2.05, 4.69) is 5.32 Å². The van der Waals surface area contributed by atoms with Gasteiger partial charge >= 0.3 is 0 Å². The third-order valence-electron chi connectivity index (χ3n) is 5.34.